The van der Waals surface area contributed by atoms with Crippen molar-refractivity contribution in [2.24, 2.45) is 0 Å². The minimum atomic E-state index is -2.84. The van der Waals surface area contributed by atoms with E-state index in [4.69, 9.17) is 10.5 Å². The number of nitrogen functional groups attached to an aromatic ring is 1. The summed E-state index contributed by atoms with van der Waals surface area (Å²) in [6.07, 6.45) is 0.370. The minimum Gasteiger partial charge on any atom is -0.496 e. The van der Waals surface area contributed by atoms with Crippen LogP contribution in [0.15, 0.2) is 78.9 Å². The molecule has 0 saturated heterocycles. The van der Waals surface area contributed by atoms with E-state index in [2.05, 4.69) is 0 Å². The van der Waals surface area contributed by atoms with Crippen molar-refractivity contribution in [2.75, 3.05) is 12.8 Å². The molecule has 3 aromatic rings. The lowest BCUT2D eigenvalue weighted by atomic mass is 10.2. The van der Waals surface area contributed by atoms with Crippen molar-refractivity contribution in [3.05, 3.63) is 84.4 Å². The Morgan fingerprint density at radius 2 is 1.42 bits per heavy atom. The number of rotatable bonds is 5. The van der Waals surface area contributed by atoms with Gasteiger partial charge in [0.05, 0.1) is 7.11 Å². The molecule has 24 heavy (non-hydrogen) atoms. The summed E-state index contributed by atoms with van der Waals surface area (Å²) >= 11 is 0. The fraction of sp³-hybridized carbons (Fsp3) is 0.100. The van der Waals surface area contributed by atoms with Gasteiger partial charge in [-0.25, -0.2) is 0 Å². The predicted octanol–water partition coefficient (Wildman–Crippen LogP) is 3.79. The summed E-state index contributed by atoms with van der Waals surface area (Å²) < 4.78 is 19.5. The van der Waals surface area contributed by atoms with Crippen molar-refractivity contribution < 1.29 is 9.30 Å². The van der Waals surface area contributed by atoms with Gasteiger partial charge in [0.15, 0.2) is 0 Å². The van der Waals surface area contributed by atoms with Gasteiger partial charge in [-0.3, -0.25) is 0 Å². The number of methoxy groups -OCH3 is 1. The molecule has 0 heterocycles. The topological polar surface area (TPSA) is 52.3 Å². The van der Waals surface area contributed by atoms with Crippen LogP contribution in [0.3, 0.4) is 0 Å². The maximum absolute atomic E-state index is 14.1. The number of ether oxygens (including phenoxy) is 1. The molecule has 2 N–H and O–H groups in total. The van der Waals surface area contributed by atoms with E-state index in [-0.39, 0.29) is 0 Å². The molecule has 0 aliphatic heterocycles. The van der Waals surface area contributed by atoms with E-state index < -0.39 is 7.14 Å². The van der Waals surface area contributed by atoms with Crippen LogP contribution >= 0.6 is 7.14 Å². The molecule has 0 fully saturated rings. The molecule has 0 saturated carbocycles. The van der Waals surface area contributed by atoms with Crippen LogP contribution in [0, 0.1) is 0 Å². The number of benzene rings is 3. The number of anilines is 1. The third kappa shape index (κ3) is 3.22. The lowest BCUT2D eigenvalue weighted by Crippen LogP contribution is -2.17. The Morgan fingerprint density at radius 1 is 0.875 bits per heavy atom. The minimum absolute atomic E-state index is 0.370. The summed E-state index contributed by atoms with van der Waals surface area (Å²) in [7, 11) is -1.23. The van der Waals surface area contributed by atoms with Crippen molar-refractivity contribution in [1.29, 1.82) is 0 Å². The van der Waals surface area contributed by atoms with Gasteiger partial charge < -0.3 is 15.0 Å². The molecule has 3 nitrogen and oxygen atoms in total. The van der Waals surface area contributed by atoms with Gasteiger partial charge in [-0.15, -0.1) is 0 Å². The first-order valence-electron chi connectivity index (χ1n) is 7.76. The monoisotopic (exact) mass is 337 g/mol. The molecular formula is C20H20NO2P. The molecule has 0 aliphatic carbocycles. The van der Waals surface area contributed by atoms with E-state index in [0.29, 0.717) is 17.6 Å². The van der Waals surface area contributed by atoms with Gasteiger partial charge in [-0.1, -0.05) is 60.7 Å². The quantitative estimate of drug-likeness (QED) is 0.569. The van der Waals surface area contributed by atoms with E-state index >= 15 is 0 Å². The van der Waals surface area contributed by atoms with E-state index in [9.17, 15) is 4.57 Å². The first-order chi connectivity index (χ1) is 11.6. The fourth-order valence-electron chi connectivity index (χ4n) is 2.83. The molecule has 0 atom stereocenters. The van der Waals surface area contributed by atoms with Crippen molar-refractivity contribution in [1.82, 2.24) is 0 Å². The highest BCUT2D eigenvalue weighted by Gasteiger charge is 2.28. The summed E-state index contributed by atoms with van der Waals surface area (Å²) in [6, 6.07) is 24.7. The summed E-state index contributed by atoms with van der Waals surface area (Å²) in [5.41, 5.74) is 7.43. The van der Waals surface area contributed by atoms with Crippen molar-refractivity contribution in [3.63, 3.8) is 0 Å². The predicted molar refractivity (Wildman–Crippen MR) is 101 cm³/mol. The molecule has 3 aromatic carbocycles. The van der Waals surface area contributed by atoms with E-state index in [1.54, 1.807) is 13.2 Å². The third-order valence-corrected chi connectivity index (χ3v) is 7.09. The SMILES string of the molecule is COc1ccc(N)cc1CP(=O)(c1ccccc1)c1ccccc1. The zero-order valence-electron chi connectivity index (χ0n) is 13.6. The Hall–Kier alpha value is -2.51. The summed E-state index contributed by atoms with van der Waals surface area (Å²) in [5.74, 6) is 0.705. The van der Waals surface area contributed by atoms with Crippen LogP contribution in [0.4, 0.5) is 5.69 Å². The molecular weight excluding hydrogens is 317 g/mol. The van der Waals surface area contributed by atoms with Gasteiger partial charge in [0.2, 0.25) is 0 Å². The van der Waals surface area contributed by atoms with Gasteiger partial charge in [0.1, 0.15) is 12.9 Å². The van der Waals surface area contributed by atoms with Crippen LogP contribution in [0.25, 0.3) is 0 Å². The number of hydrogen-bond acceptors (Lipinski definition) is 3. The molecule has 0 unspecified atom stereocenters. The maximum Gasteiger partial charge on any atom is 0.147 e. The fourth-order valence-corrected chi connectivity index (χ4v) is 5.53. The highest BCUT2D eigenvalue weighted by molar-refractivity contribution is 7.78. The number of hydrogen-bond donors (Lipinski definition) is 1. The van der Waals surface area contributed by atoms with Crippen molar-refractivity contribution in [2.45, 2.75) is 6.16 Å². The molecule has 0 spiro atoms. The van der Waals surface area contributed by atoms with Crippen LogP contribution < -0.4 is 21.1 Å². The highest BCUT2D eigenvalue weighted by Crippen LogP contribution is 2.48. The van der Waals surface area contributed by atoms with Gasteiger partial charge in [0, 0.05) is 28.0 Å². The molecule has 0 aromatic heterocycles. The maximum atomic E-state index is 14.1. The molecule has 0 aliphatic rings. The van der Waals surface area contributed by atoms with E-state index in [0.717, 1.165) is 16.2 Å². The van der Waals surface area contributed by atoms with Crippen LogP contribution in [-0.4, -0.2) is 7.11 Å². The van der Waals surface area contributed by atoms with Crippen LogP contribution in [0.5, 0.6) is 5.75 Å². The smallest absolute Gasteiger partial charge is 0.147 e. The average Bonchev–Trinajstić information content (AvgIpc) is 2.63. The Balaban J connectivity index is 2.14. The van der Waals surface area contributed by atoms with Crippen molar-refractivity contribution in [3.8, 4) is 5.75 Å². The number of nitrogens with two attached hydrogens (primary N) is 1. The first-order valence-corrected chi connectivity index (χ1v) is 9.65. The van der Waals surface area contributed by atoms with Gasteiger partial charge in [-0.2, -0.15) is 0 Å². The molecule has 122 valence electrons. The van der Waals surface area contributed by atoms with Crippen LogP contribution in [0.2, 0.25) is 0 Å². The lowest BCUT2D eigenvalue weighted by molar-refractivity contribution is 0.411. The second kappa shape index (κ2) is 6.94. The molecule has 4 heteroatoms. The molecule has 3 rings (SSSR count). The Labute approximate surface area is 142 Å². The second-order valence-electron chi connectivity index (χ2n) is 5.64. The van der Waals surface area contributed by atoms with Crippen LogP contribution in [-0.2, 0) is 10.7 Å². The summed E-state index contributed by atoms with van der Waals surface area (Å²) in [5, 5.41) is 1.67. The highest BCUT2D eigenvalue weighted by atomic mass is 31.2. The Kier molecular flexibility index (Phi) is 4.73. The largest absolute Gasteiger partial charge is 0.496 e. The Bertz CT molecular complexity index is 820. The van der Waals surface area contributed by atoms with Gasteiger partial charge in [-0.05, 0) is 18.2 Å². The average molecular weight is 337 g/mol. The summed E-state index contributed by atoms with van der Waals surface area (Å²) in [6.45, 7) is 0. The van der Waals surface area contributed by atoms with E-state index in [1.165, 1.54) is 0 Å². The Morgan fingerprint density at radius 3 is 1.92 bits per heavy atom. The molecule has 0 radical (unpaired) electrons. The third-order valence-electron chi connectivity index (χ3n) is 4.04. The van der Waals surface area contributed by atoms with Crippen LogP contribution in [0.1, 0.15) is 5.56 Å². The lowest BCUT2D eigenvalue weighted by Gasteiger charge is -2.21. The summed E-state index contributed by atoms with van der Waals surface area (Å²) in [4.78, 5) is 0. The van der Waals surface area contributed by atoms with Gasteiger partial charge >= 0.3 is 0 Å². The normalized spacial score (nSPS) is 11.2. The first kappa shape index (κ1) is 16.4. The van der Waals surface area contributed by atoms with Crippen molar-refractivity contribution >= 4 is 23.4 Å². The zero-order valence-corrected chi connectivity index (χ0v) is 14.4. The second-order valence-corrected chi connectivity index (χ2v) is 8.47. The van der Waals surface area contributed by atoms with E-state index in [1.807, 2.05) is 72.8 Å². The van der Waals surface area contributed by atoms with Gasteiger partial charge in [0.25, 0.3) is 0 Å². The molecule has 0 bridgehead atoms. The standard InChI is InChI=1S/C20H20NO2P/c1-23-20-13-12-17(21)14-16(20)15-24(22,18-8-4-2-5-9-18)19-10-6-3-7-11-19/h2-14H,15,21H2,1H3. The zero-order chi connectivity index (χ0) is 17.0. The molecule has 0 amide bonds.